The minimum absolute atomic E-state index is 0.160. The van der Waals surface area contributed by atoms with E-state index in [2.05, 4.69) is 5.32 Å². The van der Waals surface area contributed by atoms with Crippen LogP contribution in [0.4, 0.5) is 5.69 Å². The van der Waals surface area contributed by atoms with Crippen molar-refractivity contribution in [2.24, 2.45) is 0 Å². The number of hydrogen-bond donors (Lipinski definition) is 2. The summed E-state index contributed by atoms with van der Waals surface area (Å²) in [7, 11) is 3.00. The summed E-state index contributed by atoms with van der Waals surface area (Å²) >= 11 is 6.06. The lowest BCUT2D eigenvalue weighted by atomic mass is 10.1. The summed E-state index contributed by atoms with van der Waals surface area (Å²) in [6, 6.07) is 9.63. The van der Waals surface area contributed by atoms with E-state index in [1.807, 2.05) is 0 Å². The molecule has 0 aliphatic heterocycles. The maximum Gasteiger partial charge on any atom is 0.228 e. The Morgan fingerprint density at radius 1 is 1.14 bits per heavy atom. The van der Waals surface area contributed by atoms with E-state index < -0.39 is 0 Å². The molecule has 2 rings (SSSR count). The van der Waals surface area contributed by atoms with E-state index in [-0.39, 0.29) is 18.1 Å². The third-order valence-corrected chi connectivity index (χ3v) is 3.34. The van der Waals surface area contributed by atoms with Gasteiger partial charge < -0.3 is 19.9 Å². The fourth-order valence-electron chi connectivity index (χ4n) is 1.95. The van der Waals surface area contributed by atoms with E-state index in [4.69, 9.17) is 21.1 Å². The second kappa shape index (κ2) is 7.04. The number of halogens is 1. The van der Waals surface area contributed by atoms with Crippen molar-refractivity contribution >= 4 is 23.2 Å². The number of anilines is 1. The summed E-state index contributed by atoms with van der Waals surface area (Å²) in [4.78, 5) is 12.1. The zero-order chi connectivity index (χ0) is 16.1. The van der Waals surface area contributed by atoms with Gasteiger partial charge >= 0.3 is 0 Å². The molecule has 5 nitrogen and oxygen atoms in total. The Labute approximate surface area is 133 Å². The molecule has 22 heavy (non-hydrogen) atoms. The highest BCUT2D eigenvalue weighted by atomic mass is 35.5. The van der Waals surface area contributed by atoms with Gasteiger partial charge in [0.25, 0.3) is 0 Å². The second-order valence-corrected chi connectivity index (χ2v) is 4.99. The van der Waals surface area contributed by atoms with Crippen LogP contribution in [0.15, 0.2) is 36.4 Å². The van der Waals surface area contributed by atoms with Crippen LogP contribution >= 0.6 is 11.6 Å². The lowest BCUT2D eigenvalue weighted by Crippen LogP contribution is -2.15. The molecule has 2 aromatic rings. The fraction of sp³-hybridized carbons (Fsp3) is 0.188. The van der Waals surface area contributed by atoms with Crippen molar-refractivity contribution in [1.29, 1.82) is 0 Å². The van der Waals surface area contributed by atoms with Crippen molar-refractivity contribution in [3.8, 4) is 17.2 Å². The molecule has 2 N–H and O–H groups in total. The largest absolute Gasteiger partial charge is 0.508 e. The number of carbonyl (C=O) groups excluding carboxylic acids is 1. The molecule has 116 valence electrons. The Balaban J connectivity index is 2.14. The topological polar surface area (TPSA) is 67.8 Å². The lowest BCUT2D eigenvalue weighted by molar-refractivity contribution is -0.115. The third kappa shape index (κ3) is 3.83. The highest BCUT2D eigenvalue weighted by Gasteiger charge is 2.13. The van der Waals surface area contributed by atoms with Gasteiger partial charge in [0.15, 0.2) is 0 Å². The number of rotatable bonds is 5. The molecule has 0 unspecified atom stereocenters. The number of aromatic hydroxyl groups is 1. The number of carbonyl (C=O) groups is 1. The van der Waals surface area contributed by atoms with E-state index in [0.29, 0.717) is 22.2 Å². The Hall–Kier alpha value is -2.40. The first kappa shape index (κ1) is 16.0. The maximum absolute atomic E-state index is 12.1. The van der Waals surface area contributed by atoms with Crippen LogP contribution in [0.25, 0.3) is 0 Å². The molecule has 6 heteroatoms. The lowest BCUT2D eigenvalue weighted by Gasteiger charge is -2.13. The van der Waals surface area contributed by atoms with Crippen LogP contribution in [-0.4, -0.2) is 25.2 Å². The molecule has 0 bridgehead atoms. The minimum Gasteiger partial charge on any atom is -0.508 e. The molecular formula is C16H16ClNO4. The van der Waals surface area contributed by atoms with Gasteiger partial charge in [-0.25, -0.2) is 0 Å². The molecule has 0 saturated heterocycles. The van der Waals surface area contributed by atoms with E-state index in [1.54, 1.807) is 24.3 Å². The average Bonchev–Trinajstić information content (AvgIpc) is 2.50. The van der Waals surface area contributed by atoms with Gasteiger partial charge in [-0.05, 0) is 23.8 Å². The van der Waals surface area contributed by atoms with Crippen LogP contribution in [0, 0.1) is 0 Å². The Morgan fingerprint density at radius 2 is 1.77 bits per heavy atom. The summed E-state index contributed by atoms with van der Waals surface area (Å²) in [5.74, 6) is 0.869. The van der Waals surface area contributed by atoms with Crippen molar-refractivity contribution in [2.75, 3.05) is 19.5 Å². The standard InChI is InChI=1S/C16H16ClNO4/c1-21-14-9-15(22-2)13(8-12(14)17)18-16(20)7-10-3-5-11(19)6-4-10/h3-6,8-9,19H,7H2,1-2H3,(H,18,20). The van der Waals surface area contributed by atoms with E-state index in [0.717, 1.165) is 5.56 Å². The summed E-state index contributed by atoms with van der Waals surface area (Å²) in [6.07, 6.45) is 0.174. The predicted molar refractivity (Wildman–Crippen MR) is 85.0 cm³/mol. The molecule has 0 spiro atoms. The number of amides is 1. The molecule has 0 aliphatic carbocycles. The Bertz CT molecular complexity index is 671. The van der Waals surface area contributed by atoms with Crippen molar-refractivity contribution < 1.29 is 19.4 Å². The van der Waals surface area contributed by atoms with Gasteiger partial charge in [-0.15, -0.1) is 0 Å². The number of phenols is 1. The number of hydrogen-bond acceptors (Lipinski definition) is 4. The van der Waals surface area contributed by atoms with Crippen molar-refractivity contribution in [2.45, 2.75) is 6.42 Å². The minimum atomic E-state index is -0.217. The van der Waals surface area contributed by atoms with Crippen LogP contribution in [0.5, 0.6) is 17.2 Å². The van der Waals surface area contributed by atoms with E-state index >= 15 is 0 Å². The molecule has 0 aliphatic rings. The van der Waals surface area contributed by atoms with Gasteiger partial charge in [-0.1, -0.05) is 23.7 Å². The maximum atomic E-state index is 12.1. The molecule has 0 atom stereocenters. The van der Waals surface area contributed by atoms with Gasteiger partial charge in [0, 0.05) is 6.07 Å². The number of ether oxygens (including phenoxy) is 2. The Kier molecular flexibility index (Phi) is 5.12. The van der Waals surface area contributed by atoms with Gasteiger partial charge in [0.05, 0.1) is 31.4 Å². The number of phenolic OH excluding ortho intramolecular Hbond substituents is 1. The first-order chi connectivity index (χ1) is 10.5. The number of methoxy groups -OCH3 is 2. The van der Waals surface area contributed by atoms with Crippen LogP contribution in [0.1, 0.15) is 5.56 Å². The molecule has 0 radical (unpaired) electrons. The first-order valence-electron chi connectivity index (χ1n) is 6.52. The highest BCUT2D eigenvalue weighted by molar-refractivity contribution is 6.32. The van der Waals surface area contributed by atoms with Crippen LogP contribution in [0.2, 0.25) is 5.02 Å². The summed E-state index contributed by atoms with van der Waals surface area (Å²) < 4.78 is 10.3. The number of benzene rings is 2. The van der Waals surface area contributed by atoms with Crippen molar-refractivity contribution in [3.63, 3.8) is 0 Å². The van der Waals surface area contributed by atoms with Gasteiger partial charge in [-0.3, -0.25) is 4.79 Å². The number of nitrogens with one attached hydrogen (secondary N) is 1. The zero-order valence-corrected chi connectivity index (χ0v) is 13.0. The zero-order valence-electron chi connectivity index (χ0n) is 12.2. The molecule has 0 fully saturated rings. The van der Waals surface area contributed by atoms with Crippen molar-refractivity contribution in [1.82, 2.24) is 0 Å². The van der Waals surface area contributed by atoms with E-state index in [9.17, 15) is 9.90 Å². The normalized spacial score (nSPS) is 10.1. The van der Waals surface area contributed by atoms with Crippen LogP contribution in [0.3, 0.4) is 0 Å². The summed E-state index contributed by atoms with van der Waals surface area (Å²) in [5, 5.41) is 12.4. The SMILES string of the molecule is COc1cc(OC)c(NC(=O)Cc2ccc(O)cc2)cc1Cl. The Morgan fingerprint density at radius 3 is 2.36 bits per heavy atom. The van der Waals surface area contributed by atoms with E-state index in [1.165, 1.54) is 26.4 Å². The molecular weight excluding hydrogens is 306 g/mol. The molecule has 1 amide bonds. The van der Waals surface area contributed by atoms with Gasteiger partial charge in [-0.2, -0.15) is 0 Å². The second-order valence-electron chi connectivity index (χ2n) is 4.58. The quantitative estimate of drug-likeness (QED) is 0.887. The van der Waals surface area contributed by atoms with Crippen LogP contribution < -0.4 is 14.8 Å². The molecule has 0 heterocycles. The molecule has 2 aromatic carbocycles. The third-order valence-electron chi connectivity index (χ3n) is 3.05. The average molecular weight is 322 g/mol. The molecule has 0 aromatic heterocycles. The van der Waals surface area contributed by atoms with Gasteiger partial charge in [0.2, 0.25) is 5.91 Å². The molecule has 0 saturated carbocycles. The fourth-order valence-corrected chi connectivity index (χ4v) is 2.19. The van der Waals surface area contributed by atoms with Gasteiger partial charge in [0.1, 0.15) is 17.2 Å². The smallest absolute Gasteiger partial charge is 0.228 e. The highest BCUT2D eigenvalue weighted by Crippen LogP contribution is 2.35. The van der Waals surface area contributed by atoms with Crippen molar-refractivity contribution in [3.05, 3.63) is 47.0 Å². The predicted octanol–water partition coefficient (Wildman–Crippen LogP) is 3.24. The van der Waals surface area contributed by atoms with Crippen LogP contribution in [-0.2, 0) is 11.2 Å². The first-order valence-corrected chi connectivity index (χ1v) is 6.90. The summed E-state index contributed by atoms with van der Waals surface area (Å²) in [5.41, 5.74) is 1.26. The monoisotopic (exact) mass is 321 g/mol. The summed E-state index contributed by atoms with van der Waals surface area (Å²) in [6.45, 7) is 0.